The number of hydrogen-bond donors (Lipinski definition) is 2. The largest absolute Gasteiger partial charge is 0.352 e. The van der Waals surface area contributed by atoms with Crippen molar-refractivity contribution in [2.45, 2.75) is 38.6 Å². The van der Waals surface area contributed by atoms with Crippen LogP contribution in [0.2, 0.25) is 0 Å². The lowest BCUT2D eigenvalue weighted by Crippen LogP contribution is -2.34. The van der Waals surface area contributed by atoms with E-state index >= 15 is 0 Å². The van der Waals surface area contributed by atoms with Gasteiger partial charge in [0.2, 0.25) is 5.91 Å². The van der Waals surface area contributed by atoms with Crippen molar-refractivity contribution in [2.75, 3.05) is 6.54 Å². The van der Waals surface area contributed by atoms with Crippen LogP contribution in [0.5, 0.6) is 0 Å². The number of amides is 1. The van der Waals surface area contributed by atoms with Gasteiger partial charge in [-0.3, -0.25) is 4.79 Å². The second-order valence-corrected chi connectivity index (χ2v) is 2.93. The number of nitrogens with one attached hydrogen (secondary N) is 1. The van der Waals surface area contributed by atoms with Crippen LogP contribution in [-0.4, -0.2) is 18.5 Å². The van der Waals surface area contributed by atoms with Gasteiger partial charge in [-0.15, -0.1) is 0 Å². The maximum Gasteiger partial charge on any atom is 0.220 e. The molecule has 0 aliphatic carbocycles. The molecule has 0 saturated carbocycles. The summed E-state index contributed by atoms with van der Waals surface area (Å²) in [4.78, 5) is 11.2. The fraction of sp³-hybridized carbons (Fsp3) is 0.778. The van der Waals surface area contributed by atoms with Gasteiger partial charge in [-0.2, -0.15) is 5.26 Å². The van der Waals surface area contributed by atoms with E-state index < -0.39 is 0 Å². The van der Waals surface area contributed by atoms with Crippen LogP contribution >= 0.6 is 0 Å². The average Bonchev–Trinajstić information content (AvgIpc) is 2.14. The normalized spacial score (nSPS) is 11.8. The number of nitriles is 1. The number of carbonyl (C=O) groups is 1. The number of nitrogens with zero attached hydrogens (tertiary/aromatic N) is 1. The minimum atomic E-state index is -0.00690. The van der Waals surface area contributed by atoms with Gasteiger partial charge in [0.15, 0.2) is 0 Å². The first-order valence-corrected chi connectivity index (χ1v) is 4.61. The molecule has 4 nitrogen and oxygen atoms in total. The van der Waals surface area contributed by atoms with E-state index in [1.165, 1.54) is 0 Å². The molecule has 0 heterocycles. The third kappa shape index (κ3) is 6.12. The summed E-state index contributed by atoms with van der Waals surface area (Å²) in [6.45, 7) is 2.48. The molecule has 13 heavy (non-hydrogen) atoms. The fourth-order valence-corrected chi connectivity index (χ4v) is 0.970. The van der Waals surface area contributed by atoms with Crippen molar-refractivity contribution < 1.29 is 4.79 Å². The quantitative estimate of drug-likeness (QED) is 0.630. The first-order chi connectivity index (χ1) is 6.24. The number of hydrogen-bond acceptors (Lipinski definition) is 3. The summed E-state index contributed by atoms with van der Waals surface area (Å²) in [6, 6.07) is 2.04. The summed E-state index contributed by atoms with van der Waals surface area (Å²) in [5, 5.41) is 11.2. The molecule has 0 aliphatic heterocycles. The van der Waals surface area contributed by atoms with Crippen LogP contribution in [0.25, 0.3) is 0 Å². The average molecular weight is 183 g/mol. The molecule has 0 aromatic heterocycles. The zero-order valence-corrected chi connectivity index (χ0v) is 8.05. The van der Waals surface area contributed by atoms with Gasteiger partial charge in [-0.25, -0.2) is 0 Å². The van der Waals surface area contributed by atoms with Crippen LogP contribution in [-0.2, 0) is 4.79 Å². The minimum absolute atomic E-state index is 0.00438. The van der Waals surface area contributed by atoms with E-state index in [1.807, 2.05) is 13.0 Å². The van der Waals surface area contributed by atoms with Gasteiger partial charge in [-0.1, -0.05) is 6.92 Å². The molecule has 1 unspecified atom stereocenters. The Balaban J connectivity index is 3.67. The van der Waals surface area contributed by atoms with E-state index in [1.54, 1.807) is 0 Å². The lowest BCUT2D eigenvalue weighted by atomic mass is 10.1. The predicted octanol–water partition coefficient (Wildman–Crippen LogP) is 0.534. The van der Waals surface area contributed by atoms with Gasteiger partial charge in [0, 0.05) is 12.5 Å². The summed E-state index contributed by atoms with van der Waals surface area (Å²) in [6.07, 6.45) is 2.33. The van der Waals surface area contributed by atoms with Gasteiger partial charge in [0.25, 0.3) is 0 Å². The Hall–Kier alpha value is -1.08. The van der Waals surface area contributed by atoms with Gasteiger partial charge < -0.3 is 11.1 Å². The van der Waals surface area contributed by atoms with E-state index in [0.717, 1.165) is 6.42 Å². The monoisotopic (exact) mass is 183 g/mol. The highest BCUT2D eigenvalue weighted by molar-refractivity contribution is 5.76. The molecule has 3 N–H and O–H groups in total. The van der Waals surface area contributed by atoms with E-state index in [-0.39, 0.29) is 11.9 Å². The number of carbonyl (C=O) groups excluding carboxylic acids is 1. The third-order valence-electron chi connectivity index (χ3n) is 1.80. The Labute approximate surface area is 79.1 Å². The number of nitrogens with two attached hydrogens (primary N) is 1. The Bertz CT molecular complexity index is 186. The van der Waals surface area contributed by atoms with Crippen LogP contribution in [0.4, 0.5) is 0 Å². The van der Waals surface area contributed by atoms with Crippen molar-refractivity contribution in [1.29, 1.82) is 5.26 Å². The Kier molecular flexibility index (Phi) is 6.93. The zero-order valence-electron chi connectivity index (χ0n) is 8.05. The van der Waals surface area contributed by atoms with E-state index in [0.29, 0.717) is 25.8 Å². The van der Waals surface area contributed by atoms with Crippen molar-refractivity contribution >= 4 is 5.91 Å². The molecule has 0 aromatic rings. The van der Waals surface area contributed by atoms with Crippen molar-refractivity contribution in [3.8, 4) is 6.07 Å². The van der Waals surface area contributed by atoms with Crippen LogP contribution in [0.1, 0.15) is 32.6 Å². The summed E-state index contributed by atoms with van der Waals surface area (Å²) >= 11 is 0. The molecule has 0 bridgehead atoms. The van der Waals surface area contributed by atoms with E-state index in [9.17, 15) is 4.79 Å². The highest BCUT2D eigenvalue weighted by atomic mass is 16.1. The molecule has 4 heteroatoms. The molecule has 0 fully saturated rings. The molecule has 1 amide bonds. The van der Waals surface area contributed by atoms with Gasteiger partial charge in [0.05, 0.1) is 12.5 Å². The zero-order chi connectivity index (χ0) is 10.1. The molecule has 0 rings (SSSR count). The van der Waals surface area contributed by atoms with Crippen LogP contribution in [0.15, 0.2) is 0 Å². The van der Waals surface area contributed by atoms with Crippen molar-refractivity contribution in [3.63, 3.8) is 0 Å². The van der Waals surface area contributed by atoms with Crippen LogP contribution < -0.4 is 11.1 Å². The molecule has 0 saturated heterocycles. The second-order valence-electron chi connectivity index (χ2n) is 2.93. The first kappa shape index (κ1) is 11.9. The maximum absolute atomic E-state index is 11.2. The summed E-state index contributed by atoms with van der Waals surface area (Å²) in [5.41, 5.74) is 5.27. The molecule has 74 valence electrons. The fourth-order valence-electron chi connectivity index (χ4n) is 0.970. The Morgan fingerprint density at radius 2 is 2.38 bits per heavy atom. The van der Waals surface area contributed by atoms with Gasteiger partial charge in [0.1, 0.15) is 0 Å². The highest BCUT2D eigenvalue weighted by Crippen LogP contribution is 1.97. The number of rotatable bonds is 6. The lowest BCUT2D eigenvalue weighted by Gasteiger charge is -2.12. The molecule has 0 aromatic carbocycles. The van der Waals surface area contributed by atoms with Crippen molar-refractivity contribution in [3.05, 3.63) is 0 Å². The van der Waals surface area contributed by atoms with Gasteiger partial charge in [-0.05, 0) is 19.4 Å². The second kappa shape index (κ2) is 7.56. The predicted molar refractivity (Wildman–Crippen MR) is 50.7 cm³/mol. The lowest BCUT2D eigenvalue weighted by molar-refractivity contribution is -0.121. The summed E-state index contributed by atoms with van der Waals surface area (Å²) < 4.78 is 0. The molecule has 0 aliphatic rings. The Morgan fingerprint density at radius 3 is 2.85 bits per heavy atom. The van der Waals surface area contributed by atoms with E-state index in [4.69, 9.17) is 11.0 Å². The van der Waals surface area contributed by atoms with Crippen LogP contribution in [0, 0.1) is 11.3 Å². The van der Waals surface area contributed by atoms with Crippen LogP contribution in [0.3, 0.4) is 0 Å². The smallest absolute Gasteiger partial charge is 0.220 e. The molecular weight excluding hydrogens is 166 g/mol. The molecule has 0 spiro atoms. The standard InChI is InChI=1S/C9H17N3O/c1-2-8(5-7-11)12-9(13)4-3-6-10/h8H,2-6,10H2,1H3,(H,12,13). The Morgan fingerprint density at radius 1 is 1.69 bits per heavy atom. The van der Waals surface area contributed by atoms with E-state index in [2.05, 4.69) is 5.32 Å². The topological polar surface area (TPSA) is 78.9 Å². The first-order valence-electron chi connectivity index (χ1n) is 4.61. The highest BCUT2D eigenvalue weighted by Gasteiger charge is 2.08. The minimum Gasteiger partial charge on any atom is -0.352 e. The summed E-state index contributed by atoms with van der Waals surface area (Å²) in [5.74, 6) is -0.00690. The maximum atomic E-state index is 11.2. The van der Waals surface area contributed by atoms with Crippen molar-refractivity contribution in [2.24, 2.45) is 5.73 Å². The SMILES string of the molecule is CCC(CC#N)NC(=O)CCCN. The van der Waals surface area contributed by atoms with Gasteiger partial charge >= 0.3 is 0 Å². The third-order valence-corrected chi connectivity index (χ3v) is 1.80. The van der Waals surface area contributed by atoms with Crippen molar-refractivity contribution in [1.82, 2.24) is 5.32 Å². The molecule has 1 atom stereocenters. The molecule has 0 radical (unpaired) electrons. The molecular formula is C9H17N3O. The summed E-state index contributed by atoms with van der Waals surface area (Å²) in [7, 11) is 0.